The third kappa shape index (κ3) is 3.75. The van der Waals surface area contributed by atoms with Crippen molar-refractivity contribution in [2.24, 2.45) is 0 Å². The molecule has 3 aromatic rings. The molecule has 0 bridgehead atoms. The van der Waals surface area contributed by atoms with Gasteiger partial charge < -0.3 is 10.4 Å². The molecule has 2 heterocycles. The molecule has 1 aromatic heterocycles. The topological polar surface area (TPSA) is 81.9 Å². The summed E-state index contributed by atoms with van der Waals surface area (Å²) in [6.45, 7) is 2.08. The fourth-order valence-electron chi connectivity index (χ4n) is 3.19. The number of para-hydroxylation sites is 1. The number of nitrogens with zero attached hydrogens (tertiary/aromatic N) is 2. The van der Waals surface area contributed by atoms with Crippen molar-refractivity contribution in [2.75, 3.05) is 11.1 Å². The minimum absolute atomic E-state index is 0.0800. The van der Waals surface area contributed by atoms with Crippen molar-refractivity contribution < 1.29 is 9.79 Å². The average Bonchev–Trinajstić information content (AvgIpc) is 2.70. The van der Waals surface area contributed by atoms with Crippen LogP contribution in [-0.2, 0) is 0 Å². The van der Waals surface area contributed by atoms with Crippen LogP contribution in [0.15, 0.2) is 53.7 Å². The second-order valence-electron chi connectivity index (χ2n) is 6.41. The molecular weight excluding hydrogens is 588 g/mol. The smallest absolute Gasteiger partial charge is 0.325 e. The van der Waals surface area contributed by atoms with Crippen LogP contribution in [0.5, 0.6) is 5.75 Å². The predicted octanol–water partition coefficient (Wildman–Crippen LogP) is 5.19. The molecule has 4 rings (SSSR count). The average molecular weight is 604 g/mol. The monoisotopic (exact) mass is 601 g/mol. The SMILES string of the molecule is CCCSc1n[n+]2c(c(=O)[nH]1)-c1ccccc1N[C@@H]2c1c(Br)cc(Br)c(O)c1Br. The maximum absolute atomic E-state index is 13.0. The summed E-state index contributed by atoms with van der Waals surface area (Å²) >= 11 is 12.0. The molecule has 6 nitrogen and oxygen atoms in total. The quantitative estimate of drug-likeness (QED) is 0.282. The normalized spacial score (nSPS) is 14.8. The Kier molecular flexibility index (Phi) is 6.06. The standard InChI is InChI=1S/C19H15Br3N4O2S/c1-2-7-29-19-24-18(28)15-9-5-3-4-6-12(9)23-17(26(15)25-19)13-10(20)8-11(21)16(27)14(13)22/h3-6,8,17H,2,7H2,1H3,(H2,24,25,27,28)/p+1/t17-/m0/s1. The Morgan fingerprint density at radius 2 is 2.00 bits per heavy atom. The van der Waals surface area contributed by atoms with Crippen LogP contribution >= 0.6 is 59.6 Å². The lowest BCUT2D eigenvalue weighted by molar-refractivity contribution is -0.759. The molecule has 0 radical (unpaired) electrons. The number of aromatic amines is 1. The van der Waals surface area contributed by atoms with Crippen LogP contribution < -0.4 is 15.6 Å². The van der Waals surface area contributed by atoms with Crippen LogP contribution in [0.2, 0.25) is 0 Å². The lowest BCUT2D eigenvalue weighted by atomic mass is 10.0. The van der Waals surface area contributed by atoms with E-state index in [1.807, 2.05) is 24.3 Å². The number of fused-ring (bicyclic) bond motifs is 3. The zero-order valence-corrected chi connectivity index (χ0v) is 20.7. The van der Waals surface area contributed by atoms with E-state index in [1.54, 1.807) is 10.7 Å². The summed E-state index contributed by atoms with van der Waals surface area (Å²) < 4.78 is 3.52. The van der Waals surface area contributed by atoms with E-state index in [0.29, 0.717) is 19.8 Å². The van der Waals surface area contributed by atoms with E-state index in [-0.39, 0.29) is 11.3 Å². The molecule has 3 N–H and O–H groups in total. The number of rotatable bonds is 4. The van der Waals surface area contributed by atoms with Gasteiger partial charge in [-0.3, -0.25) is 9.78 Å². The lowest BCUT2D eigenvalue weighted by Gasteiger charge is -2.24. The van der Waals surface area contributed by atoms with E-state index < -0.39 is 6.17 Å². The lowest BCUT2D eigenvalue weighted by Crippen LogP contribution is -2.55. The molecule has 0 saturated carbocycles. The summed E-state index contributed by atoms with van der Waals surface area (Å²) in [5, 5.41) is 19.2. The summed E-state index contributed by atoms with van der Waals surface area (Å²) in [6.07, 6.45) is 0.462. The molecule has 29 heavy (non-hydrogen) atoms. The van der Waals surface area contributed by atoms with Gasteiger partial charge in [-0.25, -0.2) is 0 Å². The molecule has 0 fully saturated rings. The second-order valence-corrected chi connectivity index (χ2v) is 10.00. The minimum Gasteiger partial charge on any atom is -0.506 e. The maximum Gasteiger partial charge on any atom is 0.325 e. The highest BCUT2D eigenvalue weighted by molar-refractivity contribution is 9.11. The summed E-state index contributed by atoms with van der Waals surface area (Å²) in [4.78, 5) is 15.9. The van der Waals surface area contributed by atoms with Crippen LogP contribution in [0.3, 0.4) is 0 Å². The number of nitrogens with one attached hydrogen (secondary N) is 2. The van der Waals surface area contributed by atoms with Gasteiger partial charge in [0.05, 0.1) is 25.8 Å². The van der Waals surface area contributed by atoms with Crippen molar-refractivity contribution in [3.63, 3.8) is 0 Å². The van der Waals surface area contributed by atoms with Crippen molar-refractivity contribution in [2.45, 2.75) is 24.7 Å². The number of hydrogen-bond acceptors (Lipinski definition) is 5. The van der Waals surface area contributed by atoms with E-state index in [2.05, 4.69) is 65.0 Å². The fourth-order valence-corrected chi connectivity index (χ4v) is 6.46. The number of H-pyrrole nitrogens is 1. The highest BCUT2D eigenvalue weighted by Gasteiger charge is 2.40. The fraction of sp³-hybridized carbons (Fsp3) is 0.211. The van der Waals surface area contributed by atoms with E-state index in [1.165, 1.54) is 11.8 Å². The van der Waals surface area contributed by atoms with Gasteiger partial charge in [0.15, 0.2) is 0 Å². The van der Waals surface area contributed by atoms with Crippen LogP contribution in [0.25, 0.3) is 11.3 Å². The van der Waals surface area contributed by atoms with Crippen molar-refractivity contribution >= 4 is 65.2 Å². The Balaban J connectivity index is 1.99. The van der Waals surface area contributed by atoms with Crippen molar-refractivity contribution in [1.82, 2.24) is 10.1 Å². The summed E-state index contributed by atoms with van der Waals surface area (Å²) in [6, 6.07) is 9.39. The molecule has 1 aliphatic rings. The Hall–Kier alpha value is -1.36. The molecule has 1 atom stereocenters. The molecule has 0 saturated heterocycles. The number of phenolic OH excluding ortho intramolecular Hbond substituents is 1. The number of aromatic hydroxyl groups is 1. The first kappa shape index (κ1) is 20.9. The first-order chi connectivity index (χ1) is 13.9. The third-order valence-corrected chi connectivity index (χ3v) is 7.61. The number of aromatic nitrogens is 3. The van der Waals surface area contributed by atoms with Gasteiger partial charge >= 0.3 is 11.3 Å². The van der Waals surface area contributed by atoms with E-state index >= 15 is 0 Å². The van der Waals surface area contributed by atoms with Gasteiger partial charge in [-0.1, -0.05) is 46.7 Å². The second kappa shape index (κ2) is 8.41. The summed E-state index contributed by atoms with van der Waals surface area (Å²) in [7, 11) is 0. The van der Waals surface area contributed by atoms with Crippen molar-refractivity contribution in [3.8, 4) is 17.0 Å². The molecule has 0 spiro atoms. The van der Waals surface area contributed by atoms with Gasteiger partial charge in [0.1, 0.15) is 5.75 Å². The molecule has 2 aromatic carbocycles. The minimum atomic E-state index is -0.508. The number of halogens is 3. The van der Waals surface area contributed by atoms with Crippen LogP contribution in [-0.4, -0.2) is 20.9 Å². The van der Waals surface area contributed by atoms with Gasteiger partial charge in [-0.15, -0.1) is 0 Å². The van der Waals surface area contributed by atoms with Gasteiger partial charge in [0.2, 0.25) is 5.16 Å². The molecule has 0 amide bonds. The van der Waals surface area contributed by atoms with Crippen molar-refractivity contribution in [3.05, 3.63) is 59.7 Å². The van der Waals surface area contributed by atoms with Gasteiger partial charge in [0.25, 0.3) is 6.17 Å². The molecule has 150 valence electrons. The Labute approximate surface area is 196 Å². The first-order valence-corrected chi connectivity index (χ1v) is 12.2. The Morgan fingerprint density at radius 1 is 1.24 bits per heavy atom. The number of benzene rings is 2. The third-order valence-electron chi connectivity index (χ3n) is 4.48. The summed E-state index contributed by atoms with van der Waals surface area (Å²) in [5.74, 6) is 0.931. The van der Waals surface area contributed by atoms with E-state index in [9.17, 15) is 9.90 Å². The Morgan fingerprint density at radius 3 is 2.76 bits per heavy atom. The van der Waals surface area contributed by atoms with Crippen molar-refractivity contribution in [1.29, 1.82) is 0 Å². The van der Waals surface area contributed by atoms with Gasteiger partial charge in [0, 0.05) is 15.3 Å². The first-order valence-electron chi connectivity index (χ1n) is 8.83. The molecule has 1 aliphatic heterocycles. The number of hydrogen-bond donors (Lipinski definition) is 3. The zero-order chi connectivity index (χ0) is 20.7. The highest BCUT2D eigenvalue weighted by atomic mass is 79.9. The number of anilines is 1. The van der Waals surface area contributed by atoms with Crippen LogP contribution in [0, 0.1) is 0 Å². The largest absolute Gasteiger partial charge is 0.506 e. The zero-order valence-electron chi connectivity index (χ0n) is 15.2. The molecule has 0 aliphatic carbocycles. The van der Waals surface area contributed by atoms with Gasteiger partial charge in [-0.05, 0) is 61.2 Å². The molecule has 0 unspecified atom stereocenters. The Bertz CT molecular complexity index is 1170. The number of thioether (sulfide) groups is 1. The van der Waals surface area contributed by atoms with Crippen LogP contribution in [0.4, 0.5) is 5.69 Å². The maximum atomic E-state index is 13.0. The molecule has 10 heteroatoms. The molecular formula is C19H16Br3N4O2S+. The number of phenols is 1. The van der Waals surface area contributed by atoms with Crippen LogP contribution in [0.1, 0.15) is 25.1 Å². The van der Waals surface area contributed by atoms with E-state index in [0.717, 1.165) is 33.5 Å². The summed E-state index contributed by atoms with van der Waals surface area (Å²) in [5.41, 5.74) is 2.59. The van der Waals surface area contributed by atoms with E-state index in [4.69, 9.17) is 5.10 Å². The van der Waals surface area contributed by atoms with Gasteiger partial charge in [-0.2, -0.15) is 0 Å². The predicted molar refractivity (Wildman–Crippen MR) is 124 cm³/mol. The highest BCUT2D eigenvalue weighted by Crippen LogP contribution is 2.43.